The topological polar surface area (TPSA) is 105 Å². The Bertz CT molecular complexity index is 1110. The maximum absolute atomic E-state index is 13.8. The Balaban J connectivity index is 1.76. The first-order chi connectivity index (χ1) is 16.0. The zero-order valence-corrected chi connectivity index (χ0v) is 18.0. The summed E-state index contributed by atoms with van der Waals surface area (Å²) in [6.07, 6.45) is -2.28. The minimum atomic E-state index is -5.26. The Morgan fingerprint density at radius 3 is 2.09 bits per heavy atom. The predicted octanol–water partition coefficient (Wildman–Crippen LogP) is 3.44. The highest BCUT2D eigenvalue weighted by molar-refractivity contribution is 5.93. The second kappa shape index (κ2) is 9.47. The van der Waals surface area contributed by atoms with Crippen molar-refractivity contribution >= 4 is 18.0 Å². The van der Waals surface area contributed by atoms with Gasteiger partial charge in [-0.3, -0.25) is 10.1 Å². The smallest absolute Gasteiger partial charge is 0.420 e. The van der Waals surface area contributed by atoms with Crippen molar-refractivity contribution in [1.29, 1.82) is 0 Å². The first kappa shape index (κ1) is 24.6. The van der Waals surface area contributed by atoms with Crippen molar-refractivity contribution in [3.05, 3.63) is 59.7 Å². The van der Waals surface area contributed by atoms with Crippen LogP contribution in [-0.4, -0.2) is 47.4 Å². The third-order valence-corrected chi connectivity index (χ3v) is 5.64. The summed E-state index contributed by atoms with van der Waals surface area (Å²) < 4.78 is 46.4. The zero-order chi connectivity index (χ0) is 25.1. The summed E-state index contributed by atoms with van der Waals surface area (Å²) in [7, 11) is 0. The summed E-state index contributed by atoms with van der Waals surface area (Å²) in [6, 6.07) is 13.0. The molecule has 0 saturated carbocycles. The third-order valence-electron chi connectivity index (χ3n) is 5.64. The number of aliphatic carboxylic acids is 1. The Labute approximate surface area is 193 Å². The summed E-state index contributed by atoms with van der Waals surface area (Å²) in [5.41, 5.74) is 0.107. The van der Waals surface area contributed by atoms with Crippen molar-refractivity contribution in [1.82, 2.24) is 10.6 Å². The number of rotatable bonds is 7. The van der Waals surface area contributed by atoms with E-state index in [9.17, 15) is 27.6 Å². The van der Waals surface area contributed by atoms with E-state index in [2.05, 4.69) is 0 Å². The molecule has 3 rings (SSSR count). The van der Waals surface area contributed by atoms with Crippen LogP contribution in [0.4, 0.5) is 18.0 Å². The molecule has 0 bridgehead atoms. The Morgan fingerprint density at radius 1 is 1.09 bits per heavy atom. The van der Waals surface area contributed by atoms with Crippen molar-refractivity contribution in [2.24, 2.45) is 0 Å². The van der Waals surface area contributed by atoms with Crippen LogP contribution >= 0.6 is 0 Å². The number of benzene rings is 2. The molecule has 10 heteroatoms. The number of carbonyl (C=O) groups is 3. The number of ether oxygens (including phenoxy) is 1. The molecule has 1 aliphatic carbocycles. The fraction of sp³-hybridized carbons (Fsp3) is 0.292. The van der Waals surface area contributed by atoms with Gasteiger partial charge in [-0.1, -0.05) is 48.5 Å². The Hall–Kier alpha value is -4.00. The lowest BCUT2D eigenvalue weighted by molar-refractivity contribution is -0.194. The fourth-order valence-corrected chi connectivity index (χ4v) is 3.72. The predicted molar refractivity (Wildman–Crippen MR) is 116 cm³/mol. The van der Waals surface area contributed by atoms with E-state index < -0.39 is 48.1 Å². The Morgan fingerprint density at radius 2 is 1.62 bits per heavy atom. The van der Waals surface area contributed by atoms with Crippen LogP contribution in [0.3, 0.4) is 0 Å². The summed E-state index contributed by atoms with van der Waals surface area (Å²) in [6.45, 7) is 0.142. The first-order valence-electron chi connectivity index (χ1n) is 10.2. The van der Waals surface area contributed by atoms with Crippen molar-refractivity contribution in [3.8, 4) is 23.5 Å². The summed E-state index contributed by atoms with van der Waals surface area (Å²) in [4.78, 5) is 35.9. The zero-order valence-electron chi connectivity index (χ0n) is 18.0. The molecular weight excluding hydrogens is 453 g/mol. The van der Waals surface area contributed by atoms with Gasteiger partial charge in [0.2, 0.25) is 5.54 Å². The molecule has 0 spiro atoms. The van der Waals surface area contributed by atoms with Gasteiger partial charge < -0.3 is 15.2 Å². The van der Waals surface area contributed by atoms with Crippen LogP contribution in [-0.2, 0) is 14.3 Å². The van der Waals surface area contributed by atoms with Gasteiger partial charge in [0.15, 0.2) is 0 Å². The van der Waals surface area contributed by atoms with Crippen molar-refractivity contribution in [2.45, 2.75) is 37.0 Å². The van der Waals surface area contributed by atoms with Gasteiger partial charge in [0, 0.05) is 12.3 Å². The number of carbonyl (C=O) groups excluding carboxylic acids is 2. The third kappa shape index (κ3) is 4.69. The molecule has 0 radical (unpaired) electrons. The number of terminal acetylenes is 1. The highest BCUT2D eigenvalue weighted by Crippen LogP contribution is 2.44. The molecule has 2 unspecified atom stereocenters. The van der Waals surface area contributed by atoms with Gasteiger partial charge in [-0.2, -0.15) is 13.2 Å². The van der Waals surface area contributed by atoms with Gasteiger partial charge in [-0.05, 0) is 29.2 Å². The number of hydrogen-bond donors (Lipinski definition) is 3. The molecule has 0 aromatic heterocycles. The molecule has 2 aromatic rings. The second-order valence-electron chi connectivity index (χ2n) is 7.85. The van der Waals surface area contributed by atoms with Crippen LogP contribution in [0.15, 0.2) is 48.5 Å². The van der Waals surface area contributed by atoms with E-state index in [4.69, 9.17) is 16.3 Å². The number of halogens is 3. The van der Waals surface area contributed by atoms with Crippen molar-refractivity contribution in [2.75, 3.05) is 6.61 Å². The number of nitrogens with one attached hydrogen (secondary N) is 2. The van der Waals surface area contributed by atoms with E-state index in [1.807, 2.05) is 42.3 Å². The largest absolute Gasteiger partial charge is 0.480 e. The molecule has 178 valence electrons. The molecule has 7 nitrogen and oxygen atoms in total. The van der Waals surface area contributed by atoms with Crippen LogP contribution in [0.25, 0.3) is 11.1 Å². The number of carboxylic acids is 1. The molecule has 0 saturated heterocycles. The molecule has 1 aliphatic rings. The van der Waals surface area contributed by atoms with Crippen LogP contribution in [0.5, 0.6) is 0 Å². The van der Waals surface area contributed by atoms with Crippen LogP contribution < -0.4 is 10.6 Å². The second-order valence-corrected chi connectivity index (χ2v) is 7.85. The normalized spacial score (nSPS) is 15.1. The first-order valence-corrected chi connectivity index (χ1v) is 10.2. The van der Waals surface area contributed by atoms with Gasteiger partial charge in [0.05, 0.1) is 0 Å². The standard InChI is InChI=1S/C24H21F3N2O5/c1-3-8-19(20(30)31)28-21(32)23(2,24(25,26)27)29-22(33)34-13-18-16-11-6-4-9-14(16)15-10-5-7-12-17(15)18/h1,4-7,9-12,18-19H,8,13H2,2H3,(H,28,32)(H,29,33)(H,30,31). The quantitative estimate of drug-likeness (QED) is 0.534. The minimum absolute atomic E-state index is 0.274. The maximum atomic E-state index is 13.8. The van der Waals surface area contributed by atoms with E-state index in [0.717, 1.165) is 22.3 Å². The summed E-state index contributed by atoms with van der Waals surface area (Å²) in [5, 5.41) is 12.3. The molecule has 0 fully saturated rings. The molecule has 2 amide bonds. The number of carboxylic acid groups (broad SMARTS) is 1. The van der Waals surface area contributed by atoms with Crippen LogP contribution in [0, 0.1) is 12.3 Å². The lowest BCUT2D eigenvalue weighted by Crippen LogP contribution is -2.66. The maximum Gasteiger partial charge on any atom is 0.420 e. The number of fused-ring (bicyclic) bond motifs is 3. The van der Waals surface area contributed by atoms with Gasteiger partial charge in [0.25, 0.3) is 5.91 Å². The number of amides is 2. The Kier molecular flexibility index (Phi) is 6.86. The van der Waals surface area contributed by atoms with Gasteiger partial charge in [-0.25, -0.2) is 9.59 Å². The van der Waals surface area contributed by atoms with Crippen molar-refractivity contribution in [3.63, 3.8) is 0 Å². The molecule has 0 heterocycles. The highest BCUT2D eigenvalue weighted by atomic mass is 19.4. The lowest BCUT2D eigenvalue weighted by atomic mass is 9.98. The average Bonchev–Trinajstić information content (AvgIpc) is 3.10. The average molecular weight is 474 g/mol. The molecule has 3 N–H and O–H groups in total. The van der Waals surface area contributed by atoms with E-state index in [-0.39, 0.29) is 6.61 Å². The van der Waals surface area contributed by atoms with E-state index >= 15 is 0 Å². The van der Waals surface area contributed by atoms with Gasteiger partial charge >= 0.3 is 18.2 Å². The van der Waals surface area contributed by atoms with E-state index in [1.54, 1.807) is 22.8 Å². The number of alkyl carbamates (subject to hydrolysis) is 1. The molecule has 2 aromatic carbocycles. The summed E-state index contributed by atoms with van der Waals surface area (Å²) in [5.74, 6) is -1.84. The fourth-order valence-electron chi connectivity index (χ4n) is 3.72. The van der Waals surface area contributed by atoms with E-state index in [1.165, 1.54) is 0 Å². The van der Waals surface area contributed by atoms with Gasteiger partial charge in [0.1, 0.15) is 12.6 Å². The van der Waals surface area contributed by atoms with E-state index in [0.29, 0.717) is 6.92 Å². The SMILES string of the molecule is C#CCC(NC(=O)C(C)(NC(=O)OCC1c2ccccc2-c2ccccc21)C(F)(F)F)C(=O)O. The summed E-state index contributed by atoms with van der Waals surface area (Å²) >= 11 is 0. The molecule has 34 heavy (non-hydrogen) atoms. The highest BCUT2D eigenvalue weighted by Gasteiger charge is 2.58. The van der Waals surface area contributed by atoms with Crippen molar-refractivity contribution < 1.29 is 37.4 Å². The van der Waals surface area contributed by atoms with Crippen LogP contribution in [0.2, 0.25) is 0 Å². The lowest BCUT2D eigenvalue weighted by Gasteiger charge is -2.32. The molecule has 0 aliphatic heterocycles. The monoisotopic (exact) mass is 474 g/mol. The minimum Gasteiger partial charge on any atom is -0.480 e. The number of hydrogen-bond acceptors (Lipinski definition) is 4. The molecule has 2 atom stereocenters. The van der Waals surface area contributed by atoms with Gasteiger partial charge in [-0.15, -0.1) is 12.3 Å². The van der Waals surface area contributed by atoms with Crippen LogP contribution in [0.1, 0.15) is 30.4 Å². The molecular formula is C24H21F3N2O5. The number of alkyl halides is 3.